The highest BCUT2D eigenvalue weighted by Gasteiger charge is 2.66. The predicted molar refractivity (Wildman–Crippen MR) is 137 cm³/mol. The van der Waals surface area contributed by atoms with Crippen LogP contribution in [0.25, 0.3) is 0 Å². The van der Waals surface area contributed by atoms with E-state index in [2.05, 4.69) is 27.7 Å². The fourth-order valence-corrected chi connectivity index (χ4v) is 7.63. The van der Waals surface area contributed by atoms with Crippen LogP contribution in [-0.2, 0) is 23.7 Å². The van der Waals surface area contributed by atoms with Crippen LogP contribution < -0.4 is 0 Å². The summed E-state index contributed by atoms with van der Waals surface area (Å²) in [7, 11) is 0. The maximum absolute atomic E-state index is 9.98. The van der Waals surface area contributed by atoms with Gasteiger partial charge in [0.15, 0.2) is 0 Å². The fourth-order valence-electron chi connectivity index (χ4n) is 7.63. The van der Waals surface area contributed by atoms with E-state index in [1.807, 2.05) is 13.8 Å². The lowest BCUT2D eigenvalue weighted by Gasteiger charge is -2.37. The maximum Gasteiger partial charge on any atom is 0.0949 e. The van der Waals surface area contributed by atoms with E-state index >= 15 is 0 Å². The molecule has 6 nitrogen and oxygen atoms in total. The third-order valence-corrected chi connectivity index (χ3v) is 10.9. The van der Waals surface area contributed by atoms with Crippen molar-refractivity contribution in [3.8, 4) is 0 Å². The van der Waals surface area contributed by atoms with Crippen LogP contribution in [0.15, 0.2) is 0 Å². The average Bonchev–Trinajstić information content (AvgIpc) is 3.59. The molecule has 0 amide bonds. The van der Waals surface area contributed by atoms with Gasteiger partial charge >= 0.3 is 0 Å². The first-order valence-corrected chi connectivity index (χ1v) is 14.8. The number of aliphatic hydroxyl groups is 1. The van der Waals surface area contributed by atoms with Crippen molar-refractivity contribution in [1.82, 2.24) is 0 Å². The lowest BCUT2D eigenvalue weighted by atomic mass is 9.65. The highest BCUT2D eigenvalue weighted by atomic mass is 16.6. The minimum Gasteiger partial charge on any atom is -0.390 e. The smallest absolute Gasteiger partial charge is 0.0949 e. The molecule has 0 aromatic carbocycles. The molecule has 9 atom stereocenters. The summed E-state index contributed by atoms with van der Waals surface area (Å²) in [6.07, 6.45) is 15.2. The Morgan fingerprint density at radius 3 is 1.94 bits per heavy atom. The van der Waals surface area contributed by atoms with Crippen molar-refractivity contribution in [3.63, 3.8) is 0 Å². The summed E-state index contributed by atoms with van der Waals surface area (Å²) < 4.78 is 30.5. The SMILES string of the molecule is CC(C)(O)CCCC1(C)OC1CCC12CCC(CCC3OC3(C)CCC3OC3(C)C)(C3CO3)CC1O2. The molecule has 6 heteroatoms. The van der Waals surface area contributed by atoms with E-state index in [0.717, 1.165) is 70.8 Å². The molecule has 0 radical (unpaired) electrons. The Hall–Kier alpha value is -0.240. The largest absolute Gasteiger partial charge is 0.390 e. The average molecular weight is 507 g/mol. The summed E-state index contributed by atoms with van der Waals surface area (Å²) in [6, 6.07) is 0. The molecule has 0 aromatic heterocycles. The zero-order chi connectivity index (χ0) is 25.6. The monoisotopic (exact) mass is 506 g/mol. The van der Waals surface area contributed by atoms with Gasteiger partial charge in [0.05, 0.1) is 65.1 Å². The Morgan fingerprint density at radius 2 is 1.36 bits per heavy atom. The van der Waals surface area contributed by atoms with Crippen molar-refractivity contribution in [2.24, 2.45) is 5.41 Å². The molecule has 36 heavy (non-hydrogen) atoms. The van der Waals surface area contributed by atoms with Crippen LogP contribution in [0.2, 0.25) is 0 Å². The quantitative estimate of drug-likeness (QED) is 0.315. The number of fused-ring (bicyclic) bond motifs is 1. The van der Waals surface area contributed by atoms with Crippen molar-refractivity contribution in [3.05, 3.63) is 0 Å². The van der Waals surface area contributed by atoms with E-state index in [1.165, 1.54) is 12.8 Å². The first kappa shape index (κ1) is 26.0. The topological polar surface area (TPSA) is 82.9 Å². The second-order valence-electron chi connectivity index (χ2n) is 14.9. The van der Waals surface area contributed by atoms with Gasteiger partial charge in [0, 0.05) is 5.41 Å². The highest BCUT2D eigenvalue weighted by Crippen LogP contribution is 2.62. The van der Waals surface area contributed by atoms with Gasteiger partial charge in [-0.05, 0) is 119 Å². The highest BCUT2D eigenvalue weighted by molar-refractivity contribution is 5.15. The zero-order valence-electron chi connectivity index (χ0n) is 23.6. The van der Waals surface area contributed by atoms with Crippen LogP contribution in [0.4, 0.5) is 0 Å². The van der Waals surface area contributed by atoms with Crippen LogP contribution in [0, 0.1) is 5.41 Å². The number of hydrogen-bond donors (Lipinski definition) is 1. The van der Waals surface area contributed by atoms with Gasteiger partial charge in [-0.3, -0.25) is 0 Å². The number of epoxide rings is 5. The maximum atomic E-state index is 9.98. The molecule has 1 N–H and O–H groups in total. The summed E-state index contributed by atoms with van der Waals surface area (Å²) in [5.41, 5.74) is -0.0757. The van der Waals surface area contributed by atoms with Crippen molar-refractivity contribution in [1.29, 1.82) is 0 Å². The van der Waals surface area contributed by atoms with Crippen molar-refractivity contribution < 1.29 is 28.8 Å². The van der Waals surface area contributed by atoms with Gasteiger partial charge in [-0.1, -0.05) is 0 Å². The van der Waals surface area contributed by atoms with E-state index in [-0.39, 0.29) is 27.8 Å². The van der Waals surface area contributed by atoms with Crippen molar-refractivity contribution >= 4 is 0 Å². The Bertz CT molecular complexity index is 849. The third kappa shape index (κ3) is 5.29. The molecule has 5 saturated heterocycles. The molecular weight excluding hydrogens is 456 g/mol. The zero-order valence-corrected chi connectivity index (χ0v) is 23.6. The number of rotatable bonds is 14. The normalized spacial score (nSPS) is 49.9. The molecule has 6 aliphatic rings. The summed E-state index contributed by atoms with van der Waals surface area (Å²) >= 11 is 0. The van der Waals surface area contributed by atoms with Gasteiger partial charge in [-0.15, -0.1) is 0 Å². The standard InChI is InChI=1S/C30H50O6/c1-25(2,31)11-7-12-27(5)22(34-27)10-15-30-17-16-29(24-19-32-24,18-23(30)36-30)14-9-21-28(6,35-21)13-8-20-26(3,4)33-20/h20-24,31H,7-19H2,1-6H3. The Labute approximate surface area is 218 Å². The summed E-state index contributed by atoms with van der Waals surface area (Å²) in [5.74, 6) is 0. The van der Waals surface area contributed by atoms with Crippen LogP contribution in [-0.4, -0.2) is 70.2 Å². The number of ether oxygens (including phenoxy) is 5. The van der Waals surface area contributed by atoms with Crippen molar-refractivity contribution in [2.45, 2.75) is 177 Å². The first-order valence-electron chi connectivity index (χ1n) is 14.8. The molecule has 5 heterocycles. The molecule has 9 unspecified atom stereocenters. The summed E-state index contributed by atoms with van der Waals surface area (Å²) in [5, 5.41) is 9.98. The van der Waals surface area contributed by atoms with Crippen LogP contribution >= 0.6 is 0 Å². The third-order valence-electron chi connectivity index (χ3n) is 10.9. The molecule has 206 valence electrons. The van der Waals surface area contributed by atoms with Crippen LogP contribution in [0.1, 0.15) is 119 Å². The van der Waals surface area contributed by atoms with Gasteiger partial charge in [0.1, 0.15) is 0 Å². The van der Waals surface area contributed by atoms with Gasteiger partial charge in [-0.25, -0.2) is 0 Å². The van der Waals surface area contributed by atoms with E-state index in [1.54, 1.807) is 0 Å². The molecule has 6 rings (SSSR count). The van der Waals surface area contributed by atoms with Crippen LogP contribution in [0.3, 0.4) is 0 Å². The lowest BCUT2D eigenvalue weighted by molar-refractivity contribution is 0.0662. The van der Waals surface area contributed by atoms with Gasteiger partial charge in [-0.2, -0.15) is 0 Å². The Morgan fingerprint density at radius 1 is 0.750 bits per heavy atom. The van der Waals surface area contributed by atoms with E-state index < -0.39 is 5.60 Å². The molecule has 0 aromatic rings. The lowest BCUT2D eigenvalue weighted by Crippen LogP contribution is -2.38. The van der Waals surface area contributed by atoms with Crippen molar-refractivity contribution in [2.75, 3.05) is 6.61 Å². The molecule has 1 aliphatic carbocycles. The second-order valence-corrected chi connectivity index (χ2v) is 14.9. The summed E-state index contributed by atoms with van der Waals surface area (Å²) in [4.78, 5) is 0. The van der Waals surface area contributed by atoms with E-state index in [4.69, 9.17) is 23.7 Å². The molecule has 0 spiro atoms. The number of hydrogen-bond acceptors (Lipinski definition) is 6. The second kappa shape index (κ2) is 8.38. The molecular formula is C30H50O6. The van der Waals surface area contributed by atoms with E-state index in [9.17, 15) is 5.11 Å². The predicted octanol–water partition coefficient (Wildman–Crippen LogP) is 5.47. The van der Waals surface area contributed by atoms with E-state index in [0.29, 0.717) is 30.5 Å². The van der Waals surface area contributed by atoms with Gasteiger partial charge in [0.25, 0.3) is 0 Å². The fraction of sp³-hybridized carbons (Fsp3) is 1.00. The van der Waals surface area contributed by atoms with Crippen LogP contribution in [0.5, 0.6) is 0 Å². The Balaban J connectivity index is 0.938. The molecule has 1 saturated carbocycles. The molecule has 0 bridgehead atoms. The minimum absolute atomic E-state index is 0.00482. The summed E-state index contributed by atoms with van der Waals surface area (Å²) in [6.45, 7) is 13.6. The van der Waals surface area contributed by atoms with Gasteiger partial charge in [0.2, 0.25) is 0 Å². The molecule has 6 fully saturated rings. The van der Waals surface area contributed by atoms with Gasteiger partial charge < -0.3 is 28.8 Å². The minimum atomic E-state index is -0.582. The Kier molecular flexibility index (Phi) is 6.05. The molecule has 5 aliphatic heterocycles. The first-order chi connectivity index (χ1) is 16.8.